The van der Waals surface area contributed by atoms with Crippen LogP contribution in [0.4, 0.5) is 11.4 Å². The van der Waals surface area contributed by atoms with Crippen molar-refractivity contribution in [1.82, 2.24) is 10.3 Å². The largest absolute Gasteiger partial charge is 0.481 e. The molecule has 0 aliphatic rings. The molecule has 0 spiro atoms. The van der Waals surface area contributed by atoms with Crippen molar-refractivity contribution in [3.8, 4) is 0 Å². The smallest absolute Gasteiger partial charge is 0.303 e. The van der Waals surface area contributed by atoms with E-state index in [1.54, 1.807) is 12.1 Å². The number of hydrogen-bond acceptors (Lipinski definition) is 6. The minimum absolute atomic E-state index is 0.207. The highest BCUT2D eigenvalue weighted by molar-refractivity contribution is 5.93. The minimum Gasteiger partial charge on any atom is -0.481 e. The van der Waals surface area contributed by atoms with E-state index >= 15 is 0 Å². The van der Waals surface area contributed by atoms with Crippen molar-refractivity contribution in [3.63, 3.8) is 0 Å². The predicted molar refractivity (Wildman–Crippen MR) is 69.8 cm³/mol. The summed E-state index contributed by atoms with van der Waals surface area (Å²) in [4.78, 5) is 10.4. The van der Waals surface area contributed by atoms with Gasteiger partial charge in [0.05, 0.1) is 5.69 Å². The van der Waals surface area contributed by atoms with E-state index in [4.69, 9.17) is 10.3 Å². The molecule has 20 heavy (non-hydrogen) atoms. The Bertz CT molecular complexity index is 584. The van der Waals surface area contributed by atoms with Gasteiger partial charge in [0.15, 0.2) is 11.2 Å². The average molecular weight is 281 g/mol. The molecule has 0 amide bonds. The summed E-state index contributed by atoms with van der Waals surface area (Å²) >= 11 is 0. The quantitative estimate of drug-likeness (QED) is 0.321. The Morgan fingerprint density at radius 3 is 2.80 bits per heavy atom. The van der Waals surface area contributed by atoms with E-state index in [2.05, 4.69) is 20.3 Å². The monoisotopic (exact) mass is 281 g/mol. The molecule has 2 rings (SSSR count). The second kappa shape index (κ2) is 6.83. The van der Waals surface area contributed by atoms with Crippen LogP contribution >= 0.6 is 0 Å². The topological polar surface area (TPSA) is 125 Å². The predicted octanol–water partition coefficient (Wildman–Crippen LogP) is 0.864. The number of fused-ring (bicyclic) bond motifs is 1. The fourth-order valence-electron chi connectivity index (χ4n) is 1.93. The van der Waals surface area contributed by atoms with E-state index in [-0.39, 0.29) is 6.42 Å². The van der Waals surface area contributed by atoms with Gasteiger partial charge in [-0.15, -0.1) is 0 Å². The number of carboxylic acid groups (broad SMARTS) is 1. The van der Waals surface area contributed by atoms with Crippen LogP contribution in [0.5, 0.6) is 0 Å². The first-order valence-electron chi connectivity index (χ1n) is 6.40. The molecule has 2 aromatic rings. The van der Waals surface area contributed by atoms with E-state index in [0.717, 1.165) is 24.0 Å². The first-order chi connectivity index (χ1) is 9.72. The lowest BCUT2D eigenvalue weighted by atomic mass is 10.2. The summed E-state index contributed by atoms with van der Waals surface area (Å²) in [7, 11) is 0. The van der Waals surface area contributed by atoms with Crippen molar-refractivity contribution >= 4 is 28.4 Å². The standard InChI is InChI=1S/C12H16N4O4/c17-10(18)4-2-1-3-7-13-8-5-6-9(14-19)12-11(8)15-20-16-12/h5-6,13-14,19H,1-4,7H2,(H,17,18)/p+1. The molecule has 0 fully saturated rings. The molecular weight excluding hydrogens is 264 g/mol. The van der Waals surface area contributed by atoms with Crippen LogP contribution in [0.15, 0.2) is 16.8 Å². The number of quaternary nitrogens is 1. The van der Waals surface area contributed by atoms with Crippen LogP contribution in [0.3, 0.4) is 0 Å². The van der Waals surface area contributed by atoms with Crippen LogP contribution in [-0.4, -0.2) is 33.1 Å². The zero-order valence-electron chi connectivity index (χ0n) is 10.9. The van der Waals surface area contributed by atoms with Gasteiger partial charge in [-0.25, -0.2) is 9.84 Å². The summed E-state index contributed by atoms with van der Waals surface area (Å²) in [6.07, 6.45) is 2.60. The van der Waals surface area contributed by atoms with Crippen LogP contribution in [-0.2, 0) is 4.79 Å². The van der Waals surface area contributed by atoms with Gasteiger partial charge in [0, 0.05) is 19.0 Å². The molecule has 8 heteroatoms. The van der Waals surface area contributed by atoms with Gasteiger partial charge in [0.25, 0.3) is 0 Å². The lowest BCUT2D eigenvalue weighted by Gasteiger charge is -2.06. The number of hydrogen-bond donors (Lipinski definition) is 4. The molecule has 5 N–H and O–H groups in total. The molecular formula is C12H17N4O4+. The van der Waals surface area contributed by atoms with Gasteiger partial charge in [-0.3, -0.25) is 4.79 Å². The maximum atomic E-state index is 10.4. The number of carboxylic acids is 1. The van der Waals surface area contributed by atoms with Gasteiger partial charge in [-0.05, 0) is 29.2 Å². The number of carbonyl (C=O) groups is 1. The Morgan fingerprint density at radius 2 is 2.05 bits per heavy atom. The van der Waals surface area contributed by atoms with Gasteiger partial charge >= 0.3 is 5.97 Å². The van der Waals surface area contributed by atoms with Gasteiger partial charge in [0.1, 0.15) is 0 Å². The Labute approximate surface area is 114 Å². The van der Waals surface area contributed by atoms with Crippen LogP contribution in [0.1, 0.15) is 25.7 Å². The molecule has 0 atom stereocenters. The number of rotatable bonds is 8. The second-order valence-electron chi connectivity index (χ2n) is 4.42. The van der Waals surface area contributed by atoms with Crippen molar-refractivity contribution in [2.45, 2.75) is 25.7 Å². The summed E-state index contributed by atoms with van der Waals surface area (Å²) in [6.45, 7) is 0.712. The molecule has 0 aliphatic heterocycles. The first kappa shape index (κ1) is 14.2. The number of nitrogens with two attached hydrogens (primary N) is 1. The second-order valence-corrected chi connectivity index (χ2v) is 4.42. The number of unbranched alkanes of at least 4 members (excludes halogenated alkanes) is 2. The maximum Gasteiger partial charge on any atom is 0.303 e. The zero-order chi connectivity index (χ0) is 14.4. The molecule has 8 nitrogen and oxygen atoms in total. The maximum absolute atomic E-state index is 10.4. The van der Waals surface area contributed by atoms with Crippen LogP contribution in [0.25, 0.3) is 11.0 Å². The van der Waals surface area contributed by atoms with Gasteiger partial charge < -0.3 is 10.4 Å². The van der Waals surface area contributed by atoms with Gasteiger partial charge in [0.2, 0.25) is 5.52 Å². The van der Waals surface area contributed by atoms with Gasteiger partial charge in [-0.2, -0.15) is 5.48 Å². The fourth-order valence-corrected chi connectivity index (χ4v) is 1.93. The van der Waals surface area contributed by atoms with Crippen LogP contribution < -0.4 is 10.8 Å². The van der Waals surface area contributed by atoms with E-state index in [0.29, 0.717) is 29.7 Å². The lowest BCUT2D eigenvalue weighted by Crippen LogP contribution is -2.73. The van der Waals surface area contributed by atoms with E-state index in [1.165, 1.54) is 0 Å². The van der Waals surface area contributed by atoms with Gasteiger partial charge in [-0.1, -0.05) is 6.42 Å². The number of anilines is 1. The SMILES string of the molecule is O=C(O)CCCCCNc1ccc([NH2+]O)c2nonc12. The molecule has 0 unspecified atom stereocenters. The number of benzene rings is 1. The molecule has 0 bridgehead atoms. The fraction of sp³-hybridized carbons (Fsp3) is 0.417. The molecule has 0 saturated carbocycles. The number of aromatic nitrogens is 2. The number of aliphatic carboxylic acids is 1. The summed E-state index contributed by atoms with van der Waals surface area (Å²) in [5.74, 6) is -0.760. The zero-order valence-corrected chi connectivity index (χ0v) is 10.9. The van der Waals surface area contributed by atoms with Crippen molar-refractivity contribution in [2.24, 2.45) is 0 Å². The summed E-state index contributed by atoms with van der Waals surface area (Å²) in [6, 6.07) is 3.52. The number of nitrogens with one attached hydrogen (secondary N) is 1. The Balaban J connectivity index is 1.87. The highest BCUT2D eigenvalue weighted by Gasteiger charge is 2.13. The summed E-state index contributed by atoms with van der Waals surface area (Å²) in [5, 5.41) is 28.3. The van der Waals surface area contributed by atoms with Crippen molar-refractivity contribution in [3.05, 3.63) is 12.1 Å². The van der Waals surface area contributed by atoms with E-state index < -0.39 is 5.97 Å². The van der Waals surface area contributed by atoms with Crippen LogP contribution in [0.2, 0.25) is 0 Å². The molecule has 1 heterocycles. The molecule has 1 aromatic heterocycles. The number of nitrogens with zero attached hydrogens (tertiary/aromatic N) is 2. The third kappa shape index (κ3) is 3.43. The van der Waals surface area contributed by atoms with E-state index in [9.17, 15) is 4.79 Å². The molecule has 0 saturated heterocycles. The highest BCUT2D eigenvalue weighted by atomic mass is 16.6. The van der Waals surface area contributed by atoms with Crippen LogP contribution in [0, 0.1) is 0 Å². The lowest BCUT2D eigenvalue weighted by molar-refractivity contribution is -0.824. The third-order valence-corrected chi connectivity index (χ3v) is 2.97. The van der Waals surface area contributed by atoms with Crippen molar-refractivity contribution in [2.75, 3.05) is 11.9 Å². The molecule has 1 aromatic carbocycles. The van der Waals surface area contributed by atoms with E-state index in [1.807, 2.05) is 0 Å². The molecule has 0 radical (unpaired) electrons. The third-order valence-electron chi connectivity index (χ3n) is 2.97. The van der Waals surface area contributed by atoms with Crippen molar-refractivity contribution < 1.29 is 25.2 Å². The molecule has 108 valence electrons. The normalized spacial score (nSPS) is 10.8. The average Bonchev–Trinajstić information content (AvgIpc) is 2.92. The first-order valence-corrected chi connectivity index (χ1v) is 6.40. The highest BCUT2D eigenvalue weighted by Crippen LogP contribution is 2.24. The summed E-state index contributed by atoms with van der Waals surface area (Å²) in [5.41, 5.74) is 3.36. The summed E-state index contributed by atoms with van der Waals surface area (Å²) < 4.78 is 4.68. The Morgan fingerprint density at radius 1 is 1.25 bits per heavy atom. The Kier molecular flexibility index (Phi) is 4.85. The molecule has 0 aliphatic carbocycles. The van der Waals surface area contributed by atoms with Crippen molar-refractivity contribution in [1.29, 1.82) is 0 Å². The minimum atomic E-state index is -0.760. The Hall–Kier alpha value is -2.19.